The van der Waals surface area contributed by atoms with E-state index in [-0.39, 0.29) is 5.91 Å². The maximum absolute atomic E-state index is 12.3. The lowest BCUT2D eigenvalue weighted by Gasteiger charge is -1.97. The zero-order chi connectivity index (χ0) is 16.8. The molecule has 0 bridgehead atoms. The fraction of sp³-hybridized carbons (Fsp3) is 0.0625. The van der Waals surface area contributed by atoms with Gasteiger partial charge in [0.25, 0.3) is 0 Å². The van der Waals surface area contributed by atoms with Gasteiger partial charge in [0, 0.05) is 6.08 Å². The van der Waals surface area contributed by atoms with Crippen molar-refractivity contribution < 1.29 is 13.4 Å². The van der Waals surface area contributed by atoms with Crippen molar-refractivity contribution in [2.24, 2.45) is 0 Å². The first-order valence-corrected chi connectivity index (χ1v) is 9.12. The maximum atomic E-state index is 12.3. The third-order valence-electron chi connectivity index (χ3n) is 2.91. The van der Waals surface area contributed by atoms with E-state index >= 15 is 0 Å². The summed E-state index contributed by atoms with van der Waals surface area (Å²) in [5.74, 6) is 0.581. The van der Waals surface area contributed by atoms with Gasteiger partial charge in [-0.25, -0.2) is 0 Å². The van der Waals surface area contributed by atoms with E-state index in [1.54, 1.807) is 18.2 Å². The molecule has 24 heavy (non-hydrogen) atoms. The molecule has 0 aliphatic rings. The Balaban J connectivity index is 1.59. The molecule has 2 aromatic heterocycles. The average Bonchev–Trinajstić information content (AvgIpc) is 3.25. The van der Waals surface area contributed by atoms with Crippen LogP contribution in [0.3, 0.4) is 0 Å². The SMILES string of the molecule is O=C(/C=C\c1ccco1)Nc1nnc(S(=O)Cc2ccccc2)s1. The summed E-state index contributed by atoms with van der Waals surface area (Å²) < 4.78 is 17.7. The molecule has 6 nitrogen and oxygen atoms in total. The number of furan rings is 1. The van der Waals surface area contributed by atoms with Gasteiger partial charge >= 0.3 is 0 Å². The second-order valence-electron chi connectivity index (χ2n) is 4.69. The molecule has 0 saturated heterocycles. The molecule has 3 aromatic rings. The molecule has 122 valence electrons. The third kappa shape index (κ3) is 4.46. The quantitative estimate of drug-likeness (QED) is 0.540. The van der Waals surface area contributed by atoms with Gasteiger partial charge in [0.15, 0.2) is 0 Å². The average molecular weight is 359 g/mol. The topological polar surface area (TPSA) is 85.1 Å². The van der Waals surface area contributed by atoms with Crippen molar-refractivity contribution in [1.82, 2.24) is 10.2 Å². The van der Waals surface area contributed by atoms with Crippen molar-refractivity contribution in [3.8, 4) is 0 Å². The molecule has 0 aliphatic carbocycles. The lowest BCUT2D eigenvalue weighted by atomic mass is 10.2. The van der Waals surface area contributed by atoms with E-state index in [9.17, 15) is 9.00 Å². The number of amides is 1. The van der Waals surface area contributed by atoms with E-state index in [1.165, 1.54) is 12.3 Å². The number of aromatic nitrogens is 2. The summed E-state index contributed by atoms with van der Waals surface area (Å²) in [4.78, 5) is 11.8. The van der Waals surface area contributed by atoms with E-state index in [2.05, 4.69) is 15.5 Å². The van der Waals surface area contributed by atoms with Gasteiger partial charge in [0.1, 0.15) is 5.76 Å². The molecule has 0 spiro atoms. The summed E-state index contributed by atoms with van der Waals surface area (Å²) in [6.07, 6.45) is 4.41. The molecule has 1 unspecified atom stereocenters. The van der Waals surface area contributed by atoms with E-state index in [1.807, 2.05) is 30.3 Å². The van der Waals surface area contributed by atoms with Crippen LogP contribution in [0, 0.1) is 0 Å². The molecular formula is C16H13N3O3S2. The van der Waals surface area contributed by atoms with E-state index < -0.39 is 10.8 Å². The molecule has 1 atom stereocenters. The molecule has 0 radical (unpaired) electrons. The van der Waals surface area contributed by atoms with Gasteiger partial charge in [-0.1, -0.05) is 41.7 Å². The lowest BCUT2D eigenvalue weighted by molar-refractivity contribution is -0.111. The number of hydrogen-bond donors (Lipinski definition) is 1. The molecule has 0 aliphatic heterocycles. The van der Waals surface area contributed by atoms with Crippen molar-refractivity contribution >= 4 is 39.3 Å². The largest absolute Gasteiger partial charge is 0.465 e. The van der Waals surface area contributed by atoms with Crippen molar-refractivity contribution in [2.45, 2.75) is 10.1 Å². The highest BCUT2D eigenvalue weighted by atomic mass is 32.2. The molecule has 1 aromatic carbocycles. The molecule has 2 heterocycles. The predicted molar refractivity (Wildman–Crippen MR) is 92.8 cm³/mol. The van der Waals surface area contributed by atoms with Crippen molar-refractivity contribution in [1.29, 1.82) is 0 Å². The summed E-state index contributed by atoms with van der Waals surface area (Å²) in [5.41, 5.74) is 0.956. The summed E-state index contributed by atoms with van der Waals surface area (Å²) in [6, 6.07) is 13.0. The van der Waals surface area contributed by atoms with Gasteiger partial charge in [-0.05, 0) is 23.8 Å². The van der Waals surface area contributed by atoms with Crippen molar-refractivity contribution in [3.05, 3.63) is 66.1 Å². The van der Waals surface area contributed by atoms with Crippen LogP contribution in [0.4, 0.5) is 5.13 Å². The van der Waals surface area contributed by atoms with Crippen molar-refractivity contribution in [3.63, 3.8) is 0 Å². The Labute approximate surface area is 144 Å². The van der Waals surface area contributed by atoms with Crippen LogP contribution in [0.2, 0.25) is 0 Å². The maximum Gasteiger partial charge on any atom is 0.250 e. The summed E-state index contributed by atoms with van der Waals surface area (Å²) in [5, 5.41) is 10.6. The summed E-state index contributed by atoms with van der Waals surface area (Å²) >= 11 is 1.10. The number of carbonyl (C=O) groups excluding carboxylic acids is 1. The minimum atomic E-state index is -1.30. The fourth-order valence-corrected chi connectivity index (χ4v) is 3.85. The van der Waals surface area contributed by atoms with Gasteiger partial charge < -0.3 is 4.42 Å². The van der Waals surface area contributed by atoms with E-state index in [4.69, 9.17) is 4.42 Å². The van der Waals surface area contributed by atoms with Crippen LogP contribution in [0.25, 0.3) is 6.08 Å². The number of hydrogen-bond acceptors (Lipinski definition) is 6. The van der Waals surface area contributed by atoms with Crippen LogP contribution in [-0.4, -0.2) is 20.3 Å². The number of nitrogens with zero attached hydrogens (tertiary/aromatic N) is 2. The Kier molecular flexibility index (Phi) is 5.29. The number of carbonyl (C=O) groups is 1. The first-order chi connectivity index (χ1) is 11.7. The van der Waals surface area contributed by atoms with Crippen LogP contribution < -0.4 is 5.32 Å². The molecule has 1 N–H and O–H groups in total. The standard InChI is InChI=1S/C16H13N3O3S2/c20-14(9-8-13-7-4-10-22-13)17-15-18-19-16(23-15)24(21)11-12-5-2-1-3-6-12/h1-10H,11H2,(H,17,18,20)/b9-8-. The summed E-state index contributed by atoms with van der Waals surface area (Å²) in [6.45, 7) is 0. The van der Waals surface area contributed by atoms with Crippen LogP contribution in [-0.2, 0) is 21.3 Å². The monoisotopic (exact) mass is 359 g/mol. The van der Waals surface area contributed by atoms with E-state index in [0.717, 1.165) is 16.9 Å². The number of anilines is 1. The highest BCUT2D eigenvalue weighted by Crippen LogP contribution is 2.20. The molecule has 0 fully saturated rings. The van der Waals surface area contributed by atoms with Crippen LogP contribution >= 0.6 is 11.3 Å². The highest BCUT2D eigenvalue weighted by Gasteiger charge is 2.13. The van der Waals surface area contributed by atoms with Crippen molar-refractivity contribution in [2.75, 3.05) is 5.32 Å². The first kappa shape index (κ1) is 16.3. The number of nitrogens with one attached hydrogen (secondary N) is 1. The lowest BCUT2D eigenvalue weighted by Crippen LogP contribution is -2.07. The molecular weight excluding hydrogens is 346 g/mol. The van der Waals surface area contributed by atoms with Gasteiger partial charge in [-0.15, -0.1) is 10.2 Å². The molecule has 0 saturated carbocycles. The Hall–Kier alpha value is -2.58. The number of rotatable bonds is 6. The van der Waals surface area contributed by atoms with Crippen LogP contribution in [0.15, 0.2) is 63.6 Å². The zero-order valence-electron chi connectivity index (χ0n) is 12.4. The van der Waals surface area contributed by atoms with Gasteiger partial charge in [-0.2, -0.15) is 0 Å². The second kappa shape index (κ2) is 7.80. The third-order valence-corrected chi connectivity index (χ3v) is 5.42. The smallest absolute Gasteiger partial charge is 0.250 e. The van der Waals surface area contributed by atoms with E-state index in [0.29, 0.717) is 21.0 Å². The van der Waals surface area contributed by atoms with Gasteiger partial charge in [0.2, 0.25) is 15.4 Å². The minimum Gasteiger partial charge on any atom is -0.465 e. The van der Waals surface area contributed by atoms with Crippen LogP contribution in [0.5, 0.6) is 0 Å². The first-order valence-electron chi connectivity index (χ1n) is 6.99. The Morgan fingerprint density at radius 3 is 2.79 bits per heavy atom. The molecule has 1 amide bonds. The molecule has 8 heteroatoms. The second-order valence-corrected chi connectivity index (χ2v) is 7.29. The number of benzene rings is 1. The Morgan fingerprint density at radius 2 is 2.04 bits per heavy atom. The fourth-order valence-electron chi connectivity index (χ4n) is 1.83. The molecule has 3 rings (SSSR count). The predicted octanol–water partition coefficient (Wildman–Crippen LogP) is 3.09. The van der Waals surface area contributed by atoms with Gasteiger partial charge in [-0.3, -0.25) is 14.3 Å². The highest BCUT2D eigenvalue weighted by molar-refractivity contribution is 7.86. The normalized spacial score (nSPS) is 12.3. The minimum absolute atomic E-state index is 0.306. The summed E-state index contributed by atoms with van der Waals surface area (Å²) in [7, 11) is -1.30. The Bertz CT molecular complexity index is 858. The Morgan fingerprint density at radius 1 is 1.21 bits per heavy atom. The zero-order valence-corrected chi connectivity index (χ0v) is 14.0. The van der Waals surface area contributed by atoms with Crippen LogP contribution in [0.1, 0.15) is 11.3 Å². The van der Waals surface area contributed by atoms with Gasteiger partial charge in [0.05, 0.1) is 22.8 Å².